The van der Waals surface area contributed by atoms with Gasteiger partial charge in [0, 0.05) is 25.5 Å². The summed E-state index contributed by atoms with van der Waals surface area (Å²) in [6.07, 6.45) is -1.23. The van der Waals surface area contributed by atoms with Crippen LogP contribution in [0.2, 0.25) is 0 Å². The molecule has 0 saturated carbocycles. The summed E-state index contributed by atoms with van der Waals surface area (Å²) in [5.41, 5.74) is -1.14. The fraction of sp³-hybridized carbons (Fsp3) is 0.296. The molecule has 1 aromatic carbocycles. The zero-order chi connectivity index (χ0) is 27.5. The summed E-state index contributed by atoms with van der Waals surface area (Å²) in [5.74, 6) is -0.863. The molecular weight excluding hydrogens is 588 g/mol. The van der Waals surface area contributed by atoms with Crippen LogP contribution < -0.4 is 73.1 Å². The molecule has 1 fully saturated rings. The van der Waals surface area contributed by atoms with Crippen molar-refractivity contribution in [1.29, 1.82) is 5.26 Å². The Labute approximate surface area is 272 Å². The van der Waals surface area contributed by atoms with Gasteiger partial charge < -0.3 is 15.0 Å². The smallest absolute Gasteiger partial charge is 0.508 e. The summed E-state index contributed by atoms with van der Waals surface area (Å²) < 4.78 is 60.2. The van der Waals surface area contributed by atoms with Gasteiger partial charge in [-0.05, 0) is 61.7 Å². The number of nitrogens with one attached hydrogen (secondary N) is 1. The van der Waals surface area contributed by atoms with Gasteiger partial charge in [-0.2, -0.15) is 18.4 Å². The number of pyridine rings is 2. The van der Waals surface area contributed by atoms with Gasteiger partial charge in [-0.15, -0.1) is 0 Å². The fourth-order valence-electron chi connectivity index (χ4n) is 4.74. The average Bonchev–Trinajstić information content (AvgIpc) is 2.92. The first-order valence-electron chi connectivity index (χ1n) is 11.8. The van der Waals surface area contributed by atoms with E-state index in [0.717, 1.165) is 12.1 Å². The zero-order valence-corrected chi connectivity index (χ0v) is 26.4. The summed E-state index contributed by atoms with van der Waals surface area (Å²) in [5, 5.41) is 11.9. The molecule has 0 atom stereocenters. The SMILES string of the molecule is [CH2-]NC(=O)C1(c2cnc(-c3cccnc3OCC)c(F)c2)CCN(c2ccc(C(F)(F)F)cc2C#N)CC1.[Rb+]. The Morgan fingerprint density at radius 3 is 2.54 bits per heavy atom. The number of piperidine rings is 1. The van der Waals surface area contributed by atoms with Crippen LogP contribution in [-0.2, 0) is 16.4 Å². The van der Waals surface area contributed by atoms with Crippen molar-refractivity contribution in [2.75, 3.05) is 24.6 Å². The van der Waals surface area contributed by atoms with Crippen LogP contribution >= 0.6 is 0 Å². The summed E-state index contributed by atoms with van der Waals surface area (Å²) >= 11 is 0. The van der Waals surface area contributed by atoms with Crippen LogP contribution in [0.5, 0.6) is 5.88 Å². The molecule has 0 unspecified atom stereocenters. The Morgan fingerprint density at radius 2 is 1.95 bits per heavy atom. The first-order chi connectivity index (χ1) is 18.1. The van der Waals surface area contributed by atoms with E-state index in [-0.39, 0.29) is 101 Å². The van der Waals surface area contributed by atoms with E-state index in [1.54, 1.807) is 24.0 Å². The second-order valence-electron chi connectivity index (χ2n) is 8.76. The van der Waals surface area contributed by atoms with Crippen LogP contribution in [0.1, 0.15) is 36.5 Å². The average molecular weight is 612 g/mol. The number of ether oxygens (including phenoxy) is 1. The van der Waals surface area contributed by atoms with Crippen LogP contribution in [-0.4, -0.2) is 35.6 Å². The van der Waals surface area contributed by atoms with Gasteiger partial charge in [-0.3, -0.25) is 16.8 Å². The molecule has 1 aliphatic heterocycles. The molecule has 1 amide bonds. The summed E-state index contributed by atoms with van der Waals surface area (Å²) in [4.78, 5) is 23.3. The minimum absolute atomic E-state index is 0. The molecule has 0 bridgehead atoms. The van der Waals surface area contributed by atoms with Gasteiger partial charge in [0.1, 0.15) is 17.6 Å². The van der Waals surface area contributed by atoms with Gasteiger partial charge in [0.25, 0.3) is 0 Å². The molecule has 1 N–H and O–H groups in total. The molecule has 39 heavy (non-hydrogen) atoms. The maximum Gasteiger partial charge on any atom is 1.00 e. The van der Waals surface area contributed by atoms with E-state index in [9.17, 15) is 23.2 Å². The number of alkyl halides is 3. The molecule has 3 heterocycles. The van der Waals surface area contributed by atoms with Crippen molar-refractivity contribution in [3.8, 4) is 23.2 Å². The monoisotopic (exact) mass is 611 g/mol. The van der Waals surface area contributed by atoms with Gasteiger partial charge in [-0.25, -0.2) is 9.37 Å². The number of rotatable bonds is 6. The number of carbonyl (C=O) groups excluding carboxylic acids is 1. The third-order valence-corrected chi connectivity index (χ3v) is 6.70. The first-order valence-corrected chi connectivity index (χ1v) is 11.8. The van der Waals surface area contributed by atoms with Crippen molar-refractivity contribution in [2.24, 2.45) is 0 Å². The number of hydrogen-bond acceptors (Lipinski definition) is 6. The van der Waals surface area contributed by atoms with Crippen molar-refractivity contribution in [1.82, 2.24) is 15.3 Å². The van der Waals surface area contributed by atoms with Crippen LogP contribution in [0.3, 0.4) is 0 Å². The standard InChI is InChI=1S/C27H24F4N5O2.Rb/c1-3-38-24-20(5-4-10-34-24)23-21(28)14-19(16-35-23)26(25(37)33-2)8-11-36(12-9-26)22-7-6-18(27(29,30)31)13-17(22)15-32;/h4-7,10,13-14,16H,2-3,8-9,11-12H2,1H3,(H,33,37);/q-1;+1. The summed E-state index contributed by atoms with van der Waals surface area (Å²) in [7, 11) is 3.49. The fourth-order valence-corrected chi connectivity index (χ4v) is 4.74. The maximum atomic E-state index is 15.4. The third-order valence-electron chi connectivity index (χ3n) is 6.70. The zero-order valence-electron chi connectivity index (χ0n) is 21.5. The van der Waals surface area contributed by atoms with E-state index in [0.29, 0.717) is 23.4 Å². The van der Waals surface area contributed by atoms with Gasteiger partial charge in [-0.1, -0.05) is 0 Å². The van der Waals surface area contributed by atoms with Crippen LogP contribution in [0.25, 0.3) is 11.3 Å². The number of nitriles is 1. The number of nitrogens with zero attached hydrogens (tertiary/aromatic N) is 4. The minimum Gasteiger partial charge on any atom is -0.508 e. The van der Waals surface area contributed by atoms with Crippen molar-refractivity contribution in [3.63, 3.8) is 0 Å². The number of amides is 1. The number of halogens is 4. The molecule has 198 valence electrons. The van der Waals surface area contributed by atoms with Crippen molar-refractivity contribution in [2.45, 2.75) is 31.4 Å². The predicted octanol–water partition coefficient (Wildman–Crippen LogP) is 2.02. The normalized spacial score (nSPS) is 14.6. The van der Waals surface area contributed by atoms with Crippen molar-refractivity contribution < 1.29 is 85.3 Å². The van der Waals surface area contributed by atoms with Crippen LogP contribution in [0, 0.1) is 24.2 Å². The minimum atomic E-state index is -4.57. The van der Waals surface area contributed by atoms with Gasteiger partial charge >= 0.3 is 64.4 Å². The molecule has 0 radical (unpaired) electrons. The van der Waals surface area contributed by atoms with Crippen LogP contribution in [0.15, 0.2) is 48.8 Å². The Kier molecular flexibility index (Phi) is 10.3. The first kappa shape index (κ1) is 31.1. The van der Waals surface area contributed by atoms with E-state index in [1.165, 1.54) is 24.5 Å². The van der Waals surface area contributed by atoms with E-state index in [2.05, 4.69) is 22.3 Å². The maximum absolute atomic E-state index is 15.4. The molecular formula is C27H24F4N5O2Rb. The molecule has 12 heteroatoms. The summed E-state index contributed by atoms with van der Waals surface area (Å²) in [6, 6.07) is 9.36. The Balaban J connectivity index is 0.00000420. The Bertz CT molecular complexity index is 1390. The molecule has 1 saturated heterocycles. The number of aromatic nitrogens is 2. The molecule has 3 aromatic rings. The second kappa shape index (κ2) is 12.8. The van der Waals surface area contributed by atoms with Crippen LogP contribution in [0.4, 0.5) is 23.2 Å². The second-order valence-corrected chi connectivity index (χ2v) is 8.76. The predicted molar refractivity (Wildman–Crippen MR) is 131 cm³/mol. The third kappa shape index (κ3) is 6.35. The van der Waals surface area contributed by atoms with E-state index >= 15 is 4.39 Å². The number of carbonyl (C=O) groups is 1. The molecule has 7 nitrogen and oxygen atoms in total. The van der Waals surface area contributed by atoms with E-state index in [4.69, 9.17) is 4.74 Å². The van der Waals surface area contributed by atoms with Crippen molar-refractivity contribution in [3.05, 3.63) is 78.3 Å². The number of hydrogen-bond donors (Lipinski definition) is 1. The van der Waals surface area contributed by atoms with E-state index < -0.39 is 28.9 Å². The number of anilines is 1. The molecule has 0 spiro atoms. The molecule has 1 aliphatic rings. The van der Waals surface area contributed by atoms with Gasteiger partial charge in [0.15, 0.2) is 0 Å². The largest absolute Gasteiger partial charge is 1.00 e. The summed E-state index contributed by atoms with van der Waals surface area (Å²) in [6.45, 7) is 2.57. The Hall–Kier alpha value is -2.39. The Morgan fingerprint density at radius 1 is 1.23 bits per heavy atom. The topological polar surface area (TPSA) is 91.1 Å². The van der Waals surface area contributed by atoms with Gasteiger partial charge in [0.2, 0.25) is 11.8 Å². The number of benzene rings is 1. The van der Waals surface area contributed by atoms with Crippen molar-refractivity contribution >= 4 is 11.6 Å². The molecule has 0 aliphatic carbocycles. The quantitative estimate of drug-likeness (QED) is 0.339. The molecule has 4 rings (SSSR count). The van der Waals surface area contributed by atoms with E-state index in [1.807, 2.05) is 6.07 Å². The molecule has 2 aromatic heterocycles. The van der Waals surface area contributed by atoms with Gasteiger partial charge in [0.05, 0.1) is 34.4 Å².